The van der Waals surface area contributed by atoms with Crippen LogP contribution < -0.4 is 10.3 Å². The van der Waals surface area contributed by atoms with Gasteiger partial charge in [0.25, 0.3) is 0 Å². The molecule has 2 aromatic carbocycles. The van der Waals surface area contributed by atoms with Crippen LogP contribution in [0, 0.1) is 0 Å². The predicted molar refractivity (Wildman–Crippen MR) is 107 cm³/mol. The Morgan fingerprint density at radius 3 is 2.23 bits per heavy atom. The van der Waals surface area contributed by atoms with Crippen LogP contribution in [0.25, 0.3) is 0 Å². The van der Waals surface area contributed by atoms with E-state index in [1.165, 1.54) is 5.69 Å². The number of amides is 1. The summed E-state index contributed by atoms with van der Waals surface area (Å²) in [5, 5.41) is 4.20. The second-order valence-corrected chi connectivity index (χ2v) is 6.51. The van der Waals surface area contributed by atoms with Gasteiger partial charge in [-0.25, -0.2) is 5.43 Å². The van der Waals surface area contributed by atoms with E-state index in [9.17, 15) is 4.79 Å². The van der Waals surface area contributed by atoms with Crippen molar-refractivity contribution >= 4 is 17.3 Å². The molecule has 0 spiro atoms. The summed E-state index contributed by atoms with van der Waals surface area (Å²) in [6.07, 6.45) is 0.469. The number of anilines is 1. The molecular weight excluding hydrogens is 324 g/mol. The molecule has 1 aliphatic heterocycles. The van der Waals surface area contributed by atoms with Crippen LogP contribution >= 0.6 is 0 Å². The zero-order valence-electron chi connectivity index (χ0n) is 15.3. The van der Waals surface area contributed by atoms with Gasteiger partial charge in [0.2, 0.25) is 5.91 Å². The zero-order chi connectivity index (χ0) is 18.2. The lowest BCUT2D eigenvalue weighted by Gasteiger charge is -2.36. The molecule has 3 rings (SSSR count). The van der Waals surface area contributed by atoms with E-state index in [1.807, 2.05) is 43.3 Å². The number of nitrogens with one attached hydrogen (secondary N) is 1. The average molecular weight is 350 g/mol. The lowest BCUT2D eigenvalue weighted by molar-refractivity contribution is -0.121. The van der Waals surface area contributed by atoms with E-state index in [-0.39, 0.29) is 5.91 Å². The minimum atomic E-state index is -0.0363. The lowest BCUT2D eigenvalue weighted by Crippen LogP contribution is -2.47. The van der Waals surface area contributed by atoms with Crippen LogP contribution in [0.3, 0.4) is 0 Å². The number of nitrogens with zero attached hydrogens (tertiary/aromatic N) is 3. The summed E-state index contributed by atoms with van der Waals surface area (Å²) < 4.78 is 0. The molecule has 0 bridgehead atoms. The van der Waals surface area contributed by atoms with Gasteiger partial charge in [-0.15, -0.1) is 0 Å². The van der Waals surface area contributed by atoms with Crippen molar-refractivity contribution in [3.05, 3.63) is 66.2 Å². The molecule has 0 aromatic heterocycles. The molecule has 0 unspecified atom stereocenters. The molecular formula is C21H26N4O. The molecule has 26 heavy (non-hydrogen) atoms. The molecule has 136 valence electrons. The Bertz CT molecular complexity index is 722. The van der Waals surface area contributed by atoms with Crippen molar-refractivity contribution in [3.63, 3.8) is 0 Å². The zero-order valence-corrected chi connectivity index (χ0v) is 15.3. The molecule has 1 N–H and O–H groups in total. The van der Waals surface area contributed by atoms with Gasteiger partial charge < -0.3 is 4.90 Å². The third kappa shape index (κ3) is 5.17. The second-order valence-electron chi connectivity index (χ2n) is 6.51. The van der Waals surface area contributed by atoms with Crippen molar-refractivity contribution in [2.45, 2.75) is 13.3 Å². The van der Waals surface area contributed by atoms with Gasteiger partial charge in [0.1, 0.15) is 0 Å². The number of hydrogen-bond donors (Lipinski definition) is 1. The highest BCUT2D eigenvalue weighted by molar-refractivity contribution is 5.99. The van der Waals surface area contributed by atoms with E-state index in [4.69, 9.17) is 0 Å². The van der Waals surface area contributed by atoms with E-state index < -0.39 is 0 Å². The highest BCUT2D eigenvalue weighted by atomic mass is 16.2. The predicted octanol–water partition coefficient (Wildman–Crippen LogP) is 2.74. The van der Waals surface area contributed by atoms with Gasteiger partial charge >= 0.3 is 0 Å². The van der Waals surface area contributed by atoms with Crippen LogP contribution in [0.4, 0.5) is 5.69 Å². The fraction of sp³-hybridized carbons (Fsp3) is 0.333. The number of hydrazone groups is 1. The number of carbonyl (C=O) groups is 1. The van der Waals surface area contributed by atoms with Crippen LogP contribution in [-0.4, -0.2) is 49.2 Å². The third-order valence-corrected chi connectivity index (χ3v) is 4.69. The van der Waals surface area contributed by atoms with Crippen molar-refractivity contribution in [1.29, 1.82) is 0 Å². The summed E-state index contributed by atoms with van der Waals surface area (Å²) in [5.41, 5.74) is 5.77. The summed E-state index contributed by atoms with van der Waals surface area (Å²) in [7, 11) is 0. The molecule has 5 heteroatoms. The monoisotopic (exact) mass is 350 g/mol. The average Bonchev–Trinajstić information content (AvgIpc) is 2.72. The van der Waals surface area contributed by atoms with Gasteiger partial charge in [0.15, 0.2) is 0 Å². The van der Waals surface area contributed by atoms with Crippen molar-refractivity contribution in [2.75, 3.05) is 37.6 Å². The molecule has 0 saturated carbocycles. The summed E-state index contributed by atoms with van der Waals surface area (Å²) in [6, 6.07) is 20.3. The smallest absolute Gasteiger partial charge is 0.241 e. The Hall–Kier alpha value is -2.66. The first-order chi connectivity index (χ1) is 12.7. The fourth-order valence-electron chi connectivity index (χ4n) is 3.07. The third-order valence-electron chi connectivity index (χ3n) is 4.69. The quantitative estimate of drug-likeness (QED) is 0.644. The molecule has 0 radical (unpaired) electrons. The SMILES string of the molecule is C/C(=N\NC(=O)CCN1CCN(c2ccccc2)CC1)c1ccccc1. The normalized spacial score (nSPS) is 15.7. The number of rotatable bonds is 6. The number of piperazine rings is 1. The molecule has 5 nitrogen and oxygen atoms in total. The van der Waals surface area contributed by atoms with Crippen molar-refractivity contribution in [1.82, 2.24) is 10.3 Å². The highest BCUT2D eigenvalue weighted by Gasteiger charge is 2.17. The Morgan fingerprint density at radius 2 is 1.58 bits per heavy atom. The van der Waals surface area contributed by atoms with E-state index in [0.717, 1.165) is 44.0 Å². The van der Waals surface area contributed by atoms with Gasteiger partial charge in [-0.1, -0.05) is 48.5 Å². The summed E-state index contributed by atoms with van der Waals surface area (Å²) in [6.45, 7) is 6.63. The van der Waals surface area contributed by atoms with Gasteiger partial charge in [0.05, 0.1) is 5.71 Å². The highest BCUT2D eigenvalue weighted by Crippen LogP contribution is 2.15. The Labute approximate surface area is 155 Å². The first kappa shape index (κ1) is 18.1. The maximum Gasteiger partial charge on any atom is 0.241 e. The maximum atomic E-state index is 12.1. The molecule has 0 atom stereocenters. The summed E-state index contributed by atoms with van der Waals surface area (Å²) >= 11 is 0. The summed E-state index contributed by atoms with van der Waals surface area (Å²) in [5.74, 6) is -0.0363. The van der Waals surface area contributed by atoms with E-state index in [2.05, 4.69) is 44.6 Å². The van der Waals surface area contributed by atoms with Crippen molar-refractivity contribution in [3.8, 4) is 0 Å². The number of para-hydroxylation sites is 1. The molecule has 1 fully saturated rings. The fourth-order valence-corrected chi connectivity index (χ4v) is 3.07. The van der Waals surface area contributed by atoms with Gasteiger partial charge in [-0.05, 0) is 24.6 Å². The van der Waals surface area contributed by atoms with Crippen LogP contribution in [0.2, 0.25) is 0 Å². The first-order valence-electron chi connectivity index (χ1n) is 9.13. The molecule has 1 amide bonds. The van der Waals surface area contributed by atoms with E-state index in [1.54, 1.807) is 0 Å². The minimum Gasteiger partial charge on any atom is -0.369 e. The lowest BCUT2D eigenvalue weighted by atomic mass is 10.1. The maximum absolute atomic E-state index is 12.1. The molecule has 0 aliphatic carbocycles. The first-order valence-corrected chi connectivity index (χ1v) is 9.13. The van der Waals surface area contributed by atoms with Crippen molar-refractivity contribution in [2.24, 2.45) is 5.10 Å². The number of benzene rings is 2. The molecule has 1 heterocycles. The van der Waals surface area contributed by atoms with Gasteiger partial charge in [-0.2, -0.15) is 5.10 Å². The molecule has 2 aromatic rings. The standard InChI is InChI=1S/C21H26N4O/c1-18(19-8-4-2-5-9-19)22-23-21(26)12-13-24-14-16-25(17-15-24)20-10-6-3-7-11-20/h2-11H,12-17H2,1H3,(H,23,26)/b22-18+. The van der Waals surface area contributed by atoms with Crippen LogP contribution in [0.1, 0.15) is 18.9 Å². The summed E-state index contributed by atoms with van der Waals surface area (Å²) in [4.78, 5) is 16.8. The van der Waals surface area contributed by atoms with Gasteiger partial charge in [-0.3, -0.25) is 9.69 Å². The van der Waals surface area contributed by atoms with E-state index >= 15 is 0 Å². The Morgan fingerprint density at radius 1 is 0.962 bits per heavy atom. The topological polar surface area (TPSA) is 47.9 Å². The number of carbonyl (C=O) groups excluding carboxylic acids is 1. The van der Waals surface area contributed by atoms with Crippen LogP contribution in [0.15, 0.2) is 65.8 Å². The van der Waals surface area contributed by atoms with Crippen LogP contribution in [-0.2, 0) is 4.79 Å². The van der Waals surface area contributed by atoms with Crippen LogP contribution in [0.5, 0.6) is 0 Å². The molecule has 1 aliphatic rings. The van der Waals surface area contributed by atoms with Crippen molar-refractivity contribution < 1.29 is 4.79 Å². The van der Waals surface area contributed by atoms with E-state index in [0.29, 0.717) is 6.42 Å². The largest absolute Gasteiger partial charge is 0.369 e. The Balaban J connectivity index is 1.39. The minimum absolute atomic E-state index is 0.0363. The van der Waals surface area contributed by atoms with Gasteiger partial charge in [0, 0.05) is 44.8 Å². The second kappa shape index (κ2) is 9.15. The number of hydrogen-bond acceptors (Lipinski definition) is 4. The molecule has 1 saturated heterocycles. The Kier molecular flexibility index (Phi) is 6.39.